The maximum atomic E-state index is 12.6. The lowest BCUT2D eigenvalue weighted by atomic mass is 10.2. The van der Waals surface area contributed by atoms with E-state index >= 15 is 0 Å². The number of fused-ring (bicyclic) bond motifs is 1. The molecular formula is C23H22N4O2. The molecule has 0 fully saturated rings. The Hall–Kier alpha value is -3.67. The first-order chi connectivity index (χ1) is 14.3. The summed E-state index contributed by atoms with van der Waals surface area (Å²) in [7, 11) is 0. The summed E-state index contributed by atoms with van der Waals surface area (Å²) in [6.45, 7) is 1.05. The number of benzene rings is 2. The summed E-state index contributed by atoms with van der Waals surface area (Å²) in [5.74, 6) is 1.43. The number of nitrogens with zero attached hydrogens (tertiary/aromatic N) is 3. The van der Waals surface area contributed by atoms with Gasteiger partial charge in [0.15, 0.2) is 0 Å². The molecule has 1 amide bonds. The molecule has 4 aromatic rings. The number of carbonyl (C=O) groups is 1. The molecule has 146 valence electrons. The highest BCUT2D eigenvalue weighted by Gasteiger charge is 2.14. The van der Waals surface area contributed by atoms with Crippen molar-refractivity contribution in [2.75, 3.05) is 6.54 Å². The monoisotopic (exact) mass is 386 g/mol. The summed E-state index contributed by atoms with van der Waals surface area (Å²) in [4.78, 5) is 21.3. The lowest BCUT2D eigenvalue weighted by Gasteiger charge is -2.11. The van der Waals surface area contributed by atoms with Crippen LogP contribution in [-0.4, -0.2) is 27.0 Å². The molecule has 0 bridgehead atoms. The maximum Gasteiger partial charge on any atom is 0.240 e. The first-order valence-corrected chi connectivity index (χ1v) is 9.57. The van der Waals surface area contributed by atoms with E-state index in [1.807, 2.05) is 77.5 Å². The van der Waals surface area contributed by atoms with Crippen molar-refractivity contribution in [3.8, 4) is 5.75 Å². The second-order valence-corrected chi connectivity index (χ2v) is 6.67. The van der Waals surface area contributed by atoms with Gasteiger partial charge < -0.3 is 14.6 Å². The van der Waals surface area contributed by atoms with Crippen LogP contribution < -0.4 is 10.1 Å². The first-order valence-electron chi connectivity index (χ1n) is 9.57. The fourth-order valence-corrected chi connectivity index (χ4v) is 3.17. The van der Waals surface area contributed by atoms with Crippen molar-refractivity contribution in [1.29, 1.82) is 0 Å². The van der Waals surface area contributed by atoms with Crippen molar-refractivity contribution in [3.05, 3.63) is 90.5 Å². The molecule has 2 aromatic heterocycles. The molecule has 0 unspecified atom stereocenters. The second-order valence-electron chi connectivity index (χ2n) is 6.67. The standard InChI is InChI=1S/C23H22N4O2/c28-23(25-14-12-18-7-6-13-24-15-18)16-27-21-11-5-4-10-20(21)26-22(27)17-29-19-8-2-1-3-9-19/h1-11,13,15H,12,14,16-17H2,(H,25,28). The van der Waals surface area contributed by atoms with Crippen LogP contribution in [0.1, 0.15) is 11.4 Å². The molecule has 6 heteroatoms. The Morgan fingerprint density at radius 3 is 2.66 bits per heavy atom. The number of ether oxygens (including phenoxy) is 1. The normalized spacial score (nSPS) is 10.8. The quantitative estimate of drug-likeness (QED) is 0.504. The number of para-hydroxylation sites is 3. The Kier molecular flexibility index (Phi) is 5.81. The van der Waals surface area contributed by atoms with E-state index in [2.05, 4.69) is 15.3 Å². The lowest BCUT2D eigenvalue weighted by Crippen LogP contribution is -2.30. The van der Waals surface area contributed by atoms with Crippen molar-refractivity contribution in [1.82, 2.24) is 19.9 Å². The van der Waals surface area contributed by atoms with Gasteiger partial charge in [-0.2, -0.15) is 0 Å². The van der Waals surface area contributed by atoms with Gasteiger partial charge >= 0.3 is 0 Å². The van der Waals surface area contributed by atoms with E-state index in [0.29, 0.717) is 13.2 Å². The molecule has 4 rings (SSSR count). The van der Waals surface area contributed by atoms with E-state index in [1.54, 1.807) is 6.20 Å². The second kappa shape index (κ2) is 9.01. The smallest absolute Gasteiger partial charge is 0.240 e. The van der Waals surface area contributed by atoms with Crippen LogP contribution in [0, 0.1) is 0 Å². The van der Waals surface area contributed by atoms with Gasteiger partial charge in [0.05, 0.1) is 11.0 Å². The molecule has 2 aromatic carbocycles. The number of rotatable bonds is 8. The van der Waals surface area contributed by atoms with E-state index in [0.717, 1.165) is 34.6 Å². The minimum atomic E-state index is -0.0574. The molecule has 0 radical (unpaired) electrons. The van der Waals surface area contributed by atoms with Gasteiger partial charge in [-0.3, -0.25) is 9.78 Å². The zero-order chi connectivity index (χ0) is 19.9. The SMILES string of the molecule is O=C(Cn1c(COc2ccccc2)nc2ccccc21)NCCc1cccnc1. The van der Waals surface area contributed by atoms with Crippen molar-refractivity contribution in [2.45, 2.75) is 19.6 Å². The number of hydrogen-bond acceptors (Lipinski definition) is 4. The minimum absolute atomic E-state index is 0.0574. The van der Waals surface area contributed by atoms with Crippen LogP contribution in [0.5, 0.6) is 5.75 Å². The molecule has 0 atom stereocenters. The highest BCUT2D eigenvalue weighted by Crippen LogP contribution is 2.18. The summed E-state index contributed by atoms with van der Waals surface area (Å²) in [6.07, 6.45) is 4.30. The number of aromatic nitrogens is 3. The van der Waals surface area contributed by atoms with E-state index in [1.165, 1.54) is 0 Å². The zero-order valence-corrected chi connectivity index (χ0v) is 16.0. The molecule has 0 saturated carbocycles. The van der Waals surface area contributed by atoms with Crippen LogP contribution in [0.3, 0.4) is 0 Å². The van der Waals surface area contributed by atoms with Gasteiger partial charge in [-0.05, 0) is 42.3 Å². The van der Waals surface area contributed by atoms with Crippen molar-refractivity contribution < 1.29 is 9.53 Å². The Bertz CT molecular complexity index is 1080. The molecule has 0 aliphatic rings. The van der Waals surface area contributed by atoms with Gasteiger partial charge in [0, 0.05) is 18.9 Å². The summed E-state index contributed by atoms with van der Waals surface area (Å²) in [5, 5.41) is 2.98. The molecule has 0 saturated heterocycles. The van der Waals surface area contributed by atoms with Crippen molar-refractivity contribution >= 4 is 16.9 Å². The van der Waals surface area contributed by atoms with Gasteiger partial charge in [-0.25, -0.2) is 4.98 Å². The predicted molar refractivity (Wildman–Crippen MR) is 111 cm³/mol. The average Bonchev–Trinajstić information content (AvgIpc) is 3.11. The van der Waals surface area contributed by atoms with Gasteiger partial charge in [0.1, 0.15) is 24.7 Å². The molecule has 1 N–H and O–H groups in total. The van der Waals surface area contributed by atoms with E-state index in [9.17, 15) is 4.79 Å². The molecule has 0 spiro atoms. The highest BCUT2D eigenvalue weighted by atomic mass is 16.5. The van der Waals surface area contributed by atoms with Crippen LogP contribution in [0.4, 0.5) is 0 Å². The third kappa shape index (κ3) is 4.79. The number of pyridine rings is 1. The topological polar surface area (TPSA) is 69.0 Å². The van der Waals surface area contributed by atoms with Gasteiger partial charge in [-0.15, -0.1) is 0 Å². The van der Waals surface area contributed by atoms with Crippen LogP contribution in [0.25, 0.3) is 11.0 Å². The van der Waals surface area contributed by atoms with Crippen molar-refractivity contribution in [3.63, 3.8) is 0 Å². The molecule has 2 heterocycles. The first kappa shape index (κ1) is 18.7. The highest BCUT2D eigenvalue weighted by molar-refractivity contribution is 5.81. The number of amides is 1. The van der Waals surface area contributed by atoms with Crippen LogP contribution in [-0.2, 0) is 24.4 Å². The van der Waals surface area contributed by atoms with Gasteiger partial charge in [0.25, 0.3) is 0 Å². The van der Waals surface area contributed by atoms with Crippen LogP contribution in [0.2, 0.25) is 0 Å². The fourth-order valence-electron chi connectivity index (χ4n) is 3.17. The number of imidazole rings is 1. The van der Waals surface area contributed by atoms with Crippen LogP contribution in [0.15, 0.2) is 79.1 Å². The van der Waals surface area contributed by atoms with Gasteiger partial charge in [0.2, 0.25) is 5.91 Å². The number of hydrogen-bond donors (Lipinski definition) is 1. The Labute approximate surface area is 169 Å². The molecule has 29 heavy (non-hydrogen) atoms. The summed E-state index contributed by atoms with van der Waals surface area (Å²) >= 11 is 0. The predicted octanol–water partition coefficient (Wildman–Crippen LogP) is 3.37. The molecule has 0 aliphatic heterocycles. The summed E-state index contributed by atoms with van der Waals surface area (Å²) in [5.41, 5.74) is 2.86. The van der Waals surface area contributed by atoms with E-state index in [-0.39, 0.29) is 12.5 Å². The number of carbonyl (C=O) groups excluding carboxylic acids is 1. The summed E-state index contributed by atoms with van der Waals surface area (Å²) < 4.78 is 7.78. The van der Waals surface area contributed by atoms with Crippen molar-refractivity contribution in [2.24, 2.45) is 0 Å². The molecular weight excluding hydrogens is 364 g/mol. The minimum Gasteiger partial charge on any atom is -0.486 e. The molecule has 6 nitrogen and oxygen atoms in total. The Balaban J connectivity index is 1.44. The van der Waals surface area contributed by atoms with E-state index in [4.69, 9.17) is 4.74 Å². The third-order valence-corrected chi connectivity index (χ3v) is 4.61. The average molecular weight is 386 g/mol. The Morgan fingerprint density at radius 2 is 1.83 bits per heavy atom. The van der Waals surface area contributed by atoms with Crippen LogP contribution >= 0.6 is 0 Å². The third-order valence-electron chi connectivity index (χ3n) is 4.61. The Morgan fingerprint density at radius 1 is 1.00 bits per heavy atom. The lowest BCUT2D eigenvalue weighted by molar-refractivity contribution is -0.121. The zero-order valence-electron chi connectivity index (χ0n) is 16.0. The maximum absolute atomic E-state index is 12.6. The number of nitrogens with one attached hydrogen (secondary N) is 1. The molecule has 0 aliphatic carbocycles. The fraction of sp³-hybridized carbons (Fsp3) is 0.174. The van der Waals surface area contributed by atoms with E-state index < -0.39 is 0 Å². The summed E-state index contributed by atoms with van der Waals surface area (Å²) in [6, 6.07) is 21.3. The largest absolute Gasteiger partial charge is 0.486 e. The van der Waals surface area contributed by atoms with Gasteiger partial charge in [-0.1, -0.05) is 36.4 Å².